The fourth-order valence-electron chi connectivity index (χ4n) is 3.37. The Hall–Kier alpha value is -0.880. The fourth-order valence-corrected chi connectivity index (χ4v) is 4.86. The van der Waals surface area contributed by atoms with Gasteiger partial charge in [0.2, 0.25) is 11.8 Å². The van der Waals surface area contributed by atoms with Crippen LogP contribution in [0, 0.1) is 0 Å². The van der Waals surface area contributed by atoms with E-state index in [9.17, 15) is 9.59 Å². The highest BCUT2D eigenvalue weighted by Crippen LogP contribution is 2.35. The topological polar surface area (TPSA) is 49.4 Å². The maximum atomic E-state index is 13.0. The SMILES string of the molecule is CC1CC(=O)NC2(CCCC2)C(=O)N1Cc1ccc(Br)s1. The second kappa shape index (κ2) is 5.72. The molecule has 6 heteroatoms. The number of amides is 2. The highest BCUT2D eigenvalue weighted by molar-refractivity contribution is 9.11. The van der Waals surface area contributed by atoms with Gasteiger partial charge in [0.1, 0.15) is 5.54 Å². The van der Waals surface area contributed by atoms with Gasteiger partial charge in [-0.15, -0.1) is 11.3 Å². The number of hydrogen-bond donors (Lipinski definition) is 1. The second-order valence-corrected chi connectivity index (χ2v) is 8.58. The van der Waals surface area contributed by atoms with Crippen LogP contribution in [0.25, 0.3) is 0 Å². The van der Waals surface area contributed by atoms with Gasteiger partial charge in [0, 0.05) is 17.3 Å². The number of carbonyl (C=O) groups excluding carboxylic acids is 2. The predicted molar refractivity (Wildman–Crippen MR) is 86.0 cm³/mol. The van der Waals surface area contributed by atoms with E-state index in [-0.39, 0.29) is 17.9 Å². The molecule has 1 N–H and O–H groups in total. The maximum Gasteiger partial charge on any atom is 0.248 e. The lowest BCUT2D eigenvalue weighted by atomic mass is 9.95. The third-order valence-corrected chi connectivity index (χ3v) is 6.08. The molecule has 1 saturated heterocycles. The third kappa shape index (κ3) is 2.88. The summed E-state index contributed by atoms with van der Waals surface area (Å²) in [5.41, 5.74) is -0.643. The monoisotopic (exact) mass is 370 g/mol. The first-order valence-electron chi connectivity index (χ1n) is 7.36. The van der Waals surface area contributed by atoms with Crippen molar-refractivity contribution in [3.05, 3.63) is 20.8 Å². The molecule has 2 amide bonds. The Bertz CT molecular complexity index is 566. The van der Waals surface area contributed by atoms with Crippen molar-refractivity contribution in [1.82, 2.24) is 10.2 Å². The van der Waals surface area contributed by atoms with Crippen LogP contribution in [0.2, 0.25) is 0 Å². The van der Waals surface area contributed by atoms with Crippen LogP contribution >= 0.6 is 27.3 Å². The van der Waals surface area contributed by atoms with E-state index in [4.69, 9.17) is 0 Å². The summed E-state index contributed by atoms with van der Waals surface area (Å²) in [6, 6.07) is 3.98. The highest BCUT2D eigenvalue weighted by Gasteiger charge is 2.48. The Kier molecular flexibility index (Phi) is 4.10. The standard InChI is InChI=1S/C15H19BrN2O2S/c1-10-8-13(19)17-15(6-2-3-7-15)14(20)18(10)9-11-4-5-12(16)21-11/h4-5,10H,2-3,6-9H2,1H3,(H,17,19). The first-order valence-corrected chi connectivity index (χ1v) is 8.97. The van der Waals surface area contributed by atoms with Crippen LogP contribution in [0.15, 0.2) is 15.9 Å². The Morgan fingerprint density at radius 2 is 2.10 bits per heavy atom. The molecule has 0 aromatic carbocycles. The van der Waals surface area contributed by atoms with Gasteiger partial charge in [0.05, 0.1) is 10.3 Å². The van der Waals surface area contributed by atoms with Gasteiger partial charge < -0.3 is 10.2 Å². The smallest absolute Gasteiger partial charge is 0.248 e. The van der Waals surface area contributed by atoms with Crippen molar-refractivity contribution in [3.8, 4) is 0 Å². The molecule has 1 saturated carbocycles. The number of rotatable bonds is 2. The van der Waals surface area contributed by atoms with E-state index in [1.165, 1.54) is 0 Å². The third-order valence-electron chi connectivity index (χ3n) is 4.47. The normalized spacial score (nSPS) is 25.2. The number of halogens is 1. The van der Waals surface area contributed by atoms with E-state index in [0.717, 1.165) is 34.3 Å². The number of nitrogens with one attached hydrogen (secondary N) is 1. The molecule has 114 valence electrons. The van der Waals surface area contributed by atoms with E-state index in [2.05, 4.69) is 21.2 Å². The van der Waals surface area contributed by atoms with Gasteiger partial charge in [-0.1, -0.05) is 12.8 Å². The van der Waals surface area contributed by atoms with Gasteiger partial charge in [0.25, 0.3) is 0 Å². The van der Waals surface area contributed by atoms with E-state index in [0.29, 0.717) is 13.0 Å². The molecule has 1 aliphatic carbocycles. The second-order valence-electron chi connectivity index (χ2n) is 6.03. The number of hydrogen-bond acceptors (Lipinski definition) is 3. The first kappa shape index (κ1) is 15.0. The van der Waals surface area contributed by atoms with Gasteiger partial charge in [0.15, 0.2) is 0 Å². The van der Waals surface area contributed by atoms with E-state index in [1.807, 2.05) is 24.0 Å². The van der Waals surface area contributed by atoms with Crippen LogP contribution in [-0.4, -0.2) is 28.3 Å². The minimum Gasteiger partial charge on any atom is -0.342 e. The van der Waals surface area contributed by atoms with Crippen LogP contribution in [0.3, 0.4) is 0 Å². The minimum absolute atomic E-state index is 0.00705. The Labute approximate surface area is 137 Å². The van der Waals surface area contributed by atoms with Gasteiger partial charge in [-0.3, -0.25) is 9.59 Å². The van der Waals surface area contributed by atoms with Crippen LogP contribution < -0.4 is 5.32 Å². The molecule has 1 aromatic rings. The fraction of sp³-hybridized carbons (Fsp3) is 0.600. The number of nitrogens with zero attached hydrogens (tertiary/aromatic N) is 1. The molecule has 1 atom stereocenters. The highest BCUT2D eigenvalue weighted by atomic mass is 79.9. The Morgan fingerprint density at radius 3 is 2.71 bits per heavy atom. The quantitative estimate of drug-likeness (QED) is 0.869. The van der Waals surface area contributed by atoms with Crippen molar-refractivity contribution in [2.24, 2.45) is 0 Å². The average molecular weight is 371 g/mol. The number of carbonyl (C=O) groups is 2. The Balaban J connectivity index is 1.88. The van der Waals surface area contributed by atoms with Crippen LogP contribution in [-0.2, 0) is 16.1 Å². The molecular weight excluding hydrogens is 352 g/mol. The molecule has 21 heavy (non-hydrogen) atoms. The lowest BCUT2D eigenvalue weighted by Crippen LogP contribution is -2.55. The molecule has 3 rings (SSSR count). The largest absolute Gasteiger partial charge is 0.342 e. The molecule has 1 aliphatic heterocycles. The molecule has 2 aliphatic rings. The average Bonchev–Trinajstić information content (AvgIpc) is 3.03. The zero-order chi connectivity index (χ0) is 15.0. The van der Waals surface area contributed by atoms with Crippen molar-refractivity contribution in [3.63, 3.8) is 0 Å². The zero-order valence-corrected chi connectivity index (χ0v) is 14.4. The summed E-state index contributed by atoms with van der Waals surface area (Å²) in [5, 5.41) is 3.02. The lowest BCUT2D eigenvalue weighted by molar-refractivity contribution is -0.140. The molecule has 1 unspecified atom stereocenters. The minimum atomic E-state index is -0.643. The molecular formula is C15H19BrN2O2S. The zero-order valence-electron chi connectivity index (χ0n) is 12.0. The Morgan fingerprint density at radius 1 is 1.38 bits per heavy atom. The summed E-state index contributed by atoms with van der Waals surface area (Å²) in [6.07, 6.45) is 3.96. The van der Waals surface area contributed by atoms with Crippen LogP contribution in [0.4, 0.5) is 0 Å². The van der Waals surface area contributed by atoms with Crippen molar-refractivity contribution in [2.75, 3.05) is 0 Å². The van der Waals surface area contributed by atoms with Crippen molar-refractivity contribution in [1.29, 1.82) is 0 Å². The van der Waals surface area contributed by atoms with Gasteiger partial charge in [-0.05, 0) is 47.8 Å². The summed E-state index contributed by atoms with van der Waals surface area (Å²) in [7, 11) is 0. The summed E-state index contributed by atoms with van der Waals surface area (Å²) >= 11 is 5.10. The van der Waals surface area contributed by atoms with E-state index < -0.39 is 5.54 Å². The summed E-state index contributed by atoms with van der Waals surface area (Å²) < 4.78 is 1.07. The molecule has 4 nitrogen and oxygen atoms in total. The summed E-state index contributed by atoms with van der Waals surface area (Å²) in [5.74, 6) is 0.107. The molecule has 1 spiro atoms. The first-order chi connectivity index (χ1) is 10.00. The van der Waals surface area contributed by atoms with Gasteiger partial charge in [-0.2, -0.15) is 0 Å². The predicted octanol–water partition coefficient (Wildman–Crippen LogP) is 3.06. The van der Waals surface area contributed by atoms with Crippen molar-refractivity contribution >= 4 is 39.1 Å². The molecule has 0 radical (unpaired) electrons. The molecule has 1 aromatic heterocycles. The van der Waals surface area contributed by atoms with Crippen LogP contribution in [0.5, 0.6) is 0 Å². The lowest BCUT2D eigenvalue weighted by Gasteiger charge is -2.33. The molecule has 2 heterocycles. The van der Waals surface area contributed by atoms with E-state index in [1.54, 1.807) is 11.3 Å². The number of thiophene rings is 1. The maximum absolute atomic E-state index is 13.0. The summed E-state index contributed by atoms with van der Waals surface area (Å²) in [4.78, 5) is 28.2. The molecule has 2 fully saturated rings. The molecule has 0 bridgehead atoms. The van der Waals surface area contributed by atoms with Crippen molar-refractivity contribution < 1.29 is 9.59 Å². The summed E-state index contributed by atoms with van der Waals surface area (Å²) in [6.45, 7) is 2.56. The van der Waals surface area contributed by atoms with Gasteiger partial charge >= 0.3 is 0 Å². The van der Waals surface area contributed by atoms with Gasteiger partial charge in [-0.25, -0.2) is 0 Å². The van der Waals surface area contributed by atoms with Crippen LogP contribution in [0.1, 0.15) is 43.9 Å². The van der Waals surface area contributed by atoms with Crippen molar-refractivity contribution in [2.45, 2.75) is 57.2 Å². The van der Waals surface area contributed by atoms with E-state index >= 15 is 0 Å².